The number of alkyl halides is 2. The summed E-state index contributed by atoms with van der Waals surface area (Å²) in [6.45, 7) is 2.15. The van der Waals surface area contributed by atoms with Crippen LogP contribution in [0, 0.1) is 11.8 Å². The van der Waals surface area contributed by atoms with E-state index < -0.39 is 5.63 Å². The molecule has 0 N–H and O–H groups in total. The molecule has 0 bridgehead atoms. The number of unbranched alkanes of at least 4 members (excludes halogenated alkanes) is 4. The van der Waals surface area contributed by atoms with Crippen LogP contribution < -0.4 is 0 Å². The van der Waals surface area contributed by atoms with Crippen molar-refractivity contribution in [2.75, 3.05) is 0 Å². The molecule has 0 rings (SSSR count). The van der Waals surface area contributed by atoms with Crippen molar-refractivity contribution in [3.05, 3.63) is 0 Å². The van der Waals surface area contributed by atoms with Gasteiger partial charge < -0.3 is 0 Å². The molecule has 0 fully saturated rings. The lowest BCUT2D eigenvalue weighted by Gasteiger charge is -1.91. The summed E-state index contributed by atoms with van der Waals surface area (Å²) in [7, 11) is 0. The van der Waals surface area contributed by atoms with Gasteiger partial charge in [0.25, 0.3) is 0 Å². The second-order valence-corrected chi connectivity index (χ2v) is 2.82. The van der Waals surface area contributed by atoms with Crippen LogP contribution in [0.15, 0.2) is 0 Å². The van der Waals surface area contributed by atoms with Gasteiger partial charge in [-0.3, -0.25) is 0 Å². The fourth-order valence-corrected chi connectivity index (χ4v) is 0.867. The van der Waals surface area contributed by atoms with Gasteiger partial charge in [0, 0.05) is 6.42 Å². The van der Waals surface area contributed by atoms with Crippen LogP contribution in [0.2, 0.25) is 0 Å². The normalized spacial score (nSPS) is 11.9. The Bertz CT molecular complexity index is 132. The fourth-order valence-electron chi connectivity index (χ4n) is 0.789. The van der Waals surface area contributed by atoms with Crippen LogP contribution >= 0.6 is 11.6 Å². The van der Waals surface area contributed by atoms with E-state index in [4.69, 9.17) is 11.6 Å². The maximum atomic E-state index is 11.9. The van der Waals surface area contributed by atoms with Crippen molar-refractivity contribution < 1.29 is 4.39 Å². The molecule has 0 aromatic rings. The van der Waals surface area contributed by atoms with Crippen molar-refractivity contribution in [1.82, 2.24) is 0 Å². The summed E-state index contributed by atoms with van der Waals surface area (Å²) >= 11 is 4.98. The lowest BCUT2D eigenvalue weighted by Crippen LogP contribution is -1.79. The zero-order chi connectivity index (χ0) is 8.53. The molecular formula is C9H14ClF. The van der Waals surface area contributed by atoms with Crippen LogP contribution in [0.1, 0.15) is 39.0 Å². The predicted molar refractivity (Wildman–Crippen MR) is 47.3 cm³/mol. The Morgan fingerprint density at radius 3 is 2.64 bits per heavy atom. The molecule has 64 valence electrons. The maximum Gasteiger partial charge on any atom is 0.234 e. The van der Waals surface area contributed by atoms with Gasteiger partial charge in [0.1, 0.15) is 0 Å². The van der Waals surface area contributed by atoms with E-state index in [1.807, 2.05) is 0 Å². The Morgan fingerprint density at radius 1 is 1.36 bits per heavy atom. The molecule has 0 saturated carbocycles. The third-order valence-electron chi connectivity index (χ3n) is 1.37. The van der Waals surface area contributed by atoms with E-state index in [9.17, 15) is 4.39 Å². The van der Waals surface area contributed by atoms with Crippen LogP contribution in [0.3, 0.4) is 0 Å². The smallest absolute Gasteiger partial charge is 0.215 e. The molecule has 0 saturated heterocycles. The first-order chi connectivity index (χ1) is 5.27. The molecule has 0 aliphatic rings. The van der Waals surface area contributed by atoms with Crippen molar-refractivity contribution in [1.29, 1.82) is 0 Å². The molecular weight excluding hydrogens is 163 g/mol. The standard InChI is InChI=1S/C9H14ClF/c1-2-3-4-5-6-7-8-9(10)11/h9H,2-6H2,1H3. The molecule has 0 aliphatic heterocycles. The van der Waals surface area contributed by atoms with E-state index >= 15 is 0 Å². The molecule has 1 atom stereocenters. The van der Waals surface area contributed by atoms with Crippen molar-refractivity contribution in [2.45, 2.75) is 44.7 Å². The minimum atomic E-state index is -1.49. The van der Waals surface area contributed by atoms with E-state index in [0.29, 0.717) is 0 Å². The van der Waals surface area contributed by atoms with Gasteiger partial charge in [-0.2, -0.15) is 0 Å². The van der Waals surface area contributed by atoms with Crippen LogP contribution in [-0.4, -0.2) is 5.63 Å². The molecule has 2 heteroatoms. The van der Waals surface area contributed by atoms with E-state index in [1.54, 1.807) is 0 Å². The van der Waals surface area contributed by atoms with Crippen molar-refractivity contribution in [3.8, 4) is 11.8 Å². The van der Waals surface area contributed by atoms with Gasteiger partial charge in [-0.1, -0.05) is 43.7 Å². The van der Waals surface area contributed by atoms with E-state index in [-0.39, 0.29) is 0 Å². The Hall–Kier alpha value is -0.220. The topological polar surface area (TPSA) is 0 Å². The van der Waals surface area contributed by atoms with Crippen molar-refractivity contribution in [3.63, 3.8) is 0 Å². The Morgan fingerprint density at radius 2 is 2.09 bits per heavy atom. The predicted octanol–water partition coefficient (Wildman–Crippen LogP) is 3.49. The van der Waals surface area contributed by atoms with Gasteiger partial charge in [-0.25, -0.2) is 4.39 Å². The summed E-state index contributed by atoms with van der Waals surface area (Å²) in [6.07, 6.45) is 5.47. The summed E-state index contributed by atoms with van der Waals surface area (Å²) in [5.74, 6) is 4.96. The number of hydrogen-bond donors (Lipinski definition) is 0. The molecule has 1 unspecified atom stereocenters. The summed E-state index contributed by atoms with van der Waals surface area (Å²) in [4.78, 5) is 0. The first-order valence-corrected chi connectivity index (χ1v) is 4.47. The van der Waals surface area contributed by atoms with E-state index in [1.165, 1.54) is 19.3 Å². The number of rotatable bonds is 4. The zero-order valence-electron chi connectivity index (χ0n) is 6.87. The summed E-state index contributed by atoms with van der Waals surface area (Å²) in [5.41, 5.74) is -1.49. The van der Waals surface area contributed by atoms with Gasteiger partial charge in [0.2, 0.25) is 5.63 Å². The molecule has 0 spiro atoms. The Labute approximate surface area is 73.1 Å². The molecule has 11 heavy (non-hydrogen) atoms. The highest BCUT2D eigenvalue weighted by Gasteiger charge is 1.88. The van der Waals surface area contributed by atoms with Crippen LogP contribution in [-0.2, 0) is 0 Å². The minimum Gasteiger partial charge on any atom is -0.215 e. The molecule has 0 nitrogen and oxygen atoms in total. The third kappa shape index (κ3) is 9.78. The van der Waals surface area contributed by atoms with Crippen LogP contribution in [0.25, 0.3) is 0 Å². The molecule has 0 aliphatic carbocycles. The highest BCUT2D eigenvalue weighted by atomic mass is 35.5. The highest BCUT2D eigenvalue weighted by Crippen LogP contribution is 2.01. The second-order valence-electron chi connectivity index (χ2n) is 2.43. The summed E-state index contributed by atoms with van der Waals surface area (Å²) in [5, 5.41) is 0. The minimum absolute atomic E-state index is 0.771. The third-order valence-corrected chi connectivity index (χ3v) is 1.48. The van der Waals surface area contributed by atoms with E-state index in [2.05, 4.69) is 18.8 Å². The van der Waals surface area contributed by atoms with Crippen LogP contribution in [0.4, 0.5) is 4.39 Å². The quantitative estimate of drug-likeness (QED) is 0.350. The average Bonchev–Trinajstić information content (AvgIpc) is 1.96. The first kappa shape index (κ1) is 10.8. The Balaban J connectivity index is 3.09. The van der Waals surface area contributed by atoms with Gasteiger partial charge in [0.15, 0.2) is 0 Å². The van der Waals surface area contributed by atoms with Gasteiger partial charge in [0.05, 0.1) is 0 Å². The van der Waals surface area contributed by atoms with Crippen molar-refractivity contribution in [2.24, 2.45) is 0 Å². The SMILES string of the molecule is CCCCCCC#CC(F)Cl. The average molecular weight is 177 g/mol. The van der Waals surface area contributed by atoms with Crippen LogP contribution in [0.5, 0.6) is 0 Å². The summed E-state index contributed by atoms with van der Waals surface area (Å²) in [6, 6.07) is 0. The fraction of sp³-hybridized carbons (Fsp3) is 0.778. The second kappa shape index (κ2) is 7.88. The summed E-state index contributed by atoms with van der Waals surface area (Å²) < 4.78 is 11.9. The molecule has 0 aromatic carbocycles. The molecule has 0 heterocycles. The maximum absolute atomic E-state index is 11.9. The number of halogens is 2. The first-order valence-electron chi connectivity index (χ1n) is 4.04. The largest absolute Gasteiger partial charge is 0.234 e. The Kier molecular flexibility index (Phi) is 7.72. The molecule has 0 radical (unpaired) electrons. The lowest BCUT2D eigenvalue weighted by atomic mass is 10.2. The van der Waals surface area contributed by atoms with Gasteiger partial charge in [-0.15, -0.1) is 0 Å². The zero-order valence-corrected chi connectivity index (χ0v) is 7.62. The van der Waals surface area contributed by atoms with Crippen molar-refractivity contribution >= 4 is 11.6 Å². The molecule has 0 amide bonds. The lowest BCUT2D eigenvalue weighted by molar-refractivity contribution is 0.524. The monoisotopic (exact) mass is 176 g/mol. The van der Waals surface area contributed by atoms with E-state index in [0.717, 1.165) is 12.8 Å². The highest BCUT2D eigenvalue weighted by molar-refractivity contribution is 6.21. The van der Waals surface area contributed by atoms with Gasteiger partial charge in [-0.05, 0) is 12.3 Å². The number of hydrogen-bond acceptors (Lipinski definition) is 0. The van der Waals surface area contributed by atoms with Gasteiger partial charge >= 0.3 is 0 Å². The molecule has 0 aromatic heterocycles.